The second-order valence-electron chi connectivity index (χ2n) is 4.29. The molecule has 0 atom stereocenters. The molecule has 5 heteroatoms. The van der Waals surface area contributed by atoms with E-state index in [1.54, 1.807) is 21.3 Å². The first-order valence-corrected chi connectivity index (χ1v) is 8.64. The molecule has 0 aliphatic heterocycles. The van der Waals surface area contributed by atoms with Crippen LogP contribution >= 0.6 is 0 Å². The Morgan fingerprint density at radius 2 is 1.70 bits per heavy atom. The molecule has 0 aliphatic rings. The molecule has 112 valence electrons. The van der Waals surface area contributed by atoms with Crippen LogP contribution in [0.5, 0.6) is 5.75 Å². The van der Waals surface area contributed by atoms with Crippen LogP contribution in [-0.4, -0.2) is 36.7 Å². The topological polar surface area (TPSA) is 36.9 Å². The van der Waals surface area contributed by atoms with Crippen LogP contribution in [0, 0.1) is 0 Å². The van der Waals surface area contributed by atoms with Crippen LogP contribution in [0.4, 0.5) is 0 Å². The van der Waals surface area contributed by atoms with E-state index in [0.717, 1.165) is 23.8 Å². The summed E-state index contributed by atoms with van der Waals surface area (Å²) in [5.74, 6) is 0.894. The molecule has 1 rings (SSSR count). The average molecular weight is 296 g/mol. The van der Waals surface area contributed by atoms with E-state index in [1.807, 2.05) is 43.3 Å². The molecule has 0 saturated carbocycles. The van der Waals surface area contributed by atoms with Crippen LogP contribution in [0.2, 0.25) is 6.04 Å². The molecule has 0 aromatic heterocycles. The van der Waals surface area contributed by atoms with E-state index in [9.17, 15) is 0 Å². The molecule has 0 spiro atoms. The van der Waals surface area contributed by atoms with Crippen molar-refractivity contribution in [3.8, 4) is 5.75 Å². The number of rotatable bonds is 9. The first-order chi connectivity index (χ1) is 9.71. The quantitative estimate of drug-likeness (QED) is 0.517. The van der Waals surface area contributed by atoms with Gasteiger partial charge in [-0.25, -0.2) is 0 Å². The number of para-hydroxylation sites is 1. The molecule has 0 heterocycles. The van der Waals surface area contributed by atoms with Crippen LogP contribution in [0.1, 0.15) is 18.9 Å². The second-order valence-corrected chi connectivity index (χ2v) is 7.38. The van der Waals surface area contributed by atoms with Gasteiger partial charge in [0.1, 0.15) is 5.75 Å². The minimum absolute atomic E-state index is 0.611. The highest BCUT2D eigenvalue weighted by Gasteiger charge is 2.36. The van der Waals surface area contributed by atoms with Gasteiger partial charge in [0.05, 0.1) is 6.61 Å². The van der Waals surface area contributed by atoms with Gasteiger partial charge in [0.2, 0.25) is 0 Å². The Labute approximate surface area is 122 Å². The number of ether oxygens (including phenoxy) is 1. The molecular weight excluding hydrogens is 272 g/mol. The fourth-order valence-corrected chi connectivity index (χ4v) is 3.65. The van der Waals surface area contributed by atoms with E-state index >= 15 is 0 Å². The molecule has 0 bridgehead atoms. The maximum absolute atomic E-state index is 5.82. The molecule has 0 fully saturated rings. The van der Waals surface area contributed by atoms with Crippen molar-refractivity contribution in [2.45, 2.75) is 19.4 Å². The fraction of sp³-hybridized carbons (Fsp3) is 0.467. The Bertz CT molecular complexity index is 408. The first kappa shape index (κ1) is 16.9. The fourth-order valence-electron chi connectivity index (χ4n) is 1.96. The van der Waals surface area contributed by atoms with Crippen molar-refractivity contribution in [2.24, 2.45) is 0 Å². The Morgan fingerprint density at radius 3 is 2.30 bits per heavy atom. The highest BCUT2D eigenvalue weighted by atomic mass is 28.4. The lowest BCUT2D eigenvalue weighted by Crippen LogP contribution is -2.42. The van der Waals surface area contributed by atoms with Crippen LogP contribution in [0.3, 0.4) is 0 Å². The van der Waals surface area contributed by atoms with Crippen molar-refractivity contribution in [3.05, 3.63) is 35.9 Å². The maximum Gasteiger partial charge on any atom is 0.500 e. The van der Waals surface area contributed by atoms with Gasteiger partial charge in [-0.15, -0.1) is 0 Å². The number of hydrogen-bond donors (Lipinski definition) is 0. The minimum atomic E-state index is -2.48. The molecule has 4 nitrogen and oxygen atoms in total. The van der Waals surface area contributed by atoms with Gasteiger partial charge in [-0.1, -0.05) is 30.4 Å². The van der Waals surface area contributed by atoms with E-state index in [0.29, 0.717) is 6.61 Å². The number of benzene rings is 1. The molecular formula is C15H24O4Si. The molecule has 0 N–H and O–H groups in total. The van der Waals surface area contributed by atoms with Crippen molar-refractivity contribution in [3.63, 3.8) is 0 Å². The van der Waals surface area contributed by atoms with Crippen molar-refractivity contribution >= 4 is 14.9 Å². The van der Waals surface area contributed by atoms with E-state index in [4.69, 9.17) is 18.0 Å². The van der Waals surface area contributed by atoms with Gasteiger partial charge in [0.25, 0.3) is 0 Å². The van der Waals surface area contributed by atoms with Crippen molar-refractivity contribution in [1.82, 2.24) is 0 Å². The van der Waals surface area contributed by atoms with Gasteiger partial charge < -0.3 is 18.0 Å². The van der Waals surface area contributed by atoms with Gasteiger partial charge in [0, 0.05) is 32.9 Å². The Hall–Kier alpha value is -1.14. The summed E-state index contributed by atoms with van der Waals surface area (Å²) in [7, 11) is 2.40. The zero-order chi connectivity index (χ0) is 14.8. The van der Waals surface area contributed by atoms with Gasteiger partial charge in [-0.05, 0) is 19.4 Å². The van der Waals surface area contributed by atoms with E-state index < -0.39 is 8.80 Å². The standard InChI is InChI=1S/C15H24O4Si/c1-5-9-14-10-6-7-11-15(14)19-12-8-13-20(16-2,17-3)18-4/h5-7,9-11H,8,12-13H2,1-4H3/b9-5+. The summed E-state index contributed by atoms with van der Waals surface area (Å²) in [6.45, 7) is 2.60. The third-order valence-corrected chi connectivity index (χ3v) is 5.92. The monoisotopic (exact) mass is 296 g/mol. The summed E-state index contributed by atoms with van der Waals surface area (Å²) in [6, 6.07) is 8.72. The average Bonchev–Trinajstić information content (AvgIpc) is 2.50. The molecule has 1 aromatic carbocycles. The summed E-state index contributed by atoms with van der Waals surface area (Å²) >= 11 is 0. The highest BCUT2D eigenvalue weighted by molar-refractivity contribution is 6.60. The Kier molecular flexibility index (Phi) is 7.54. The SMILES string of the molecule is C/C=C/c1ccccc1OCCC[Si](OC)(OC)OC. The van der Waals surface area contributed by atoms with Crippen LogP contribution in [0.25, 0.3) is 6.08 Å². The first-order valence-electron chi connectivity index (χ1n) is 6.71. The van der Waals surface area contributed by atoms with Crippen LogP contribution in [0.15, 0.2) is 30.3 Å². The molecule has 1 aromatic rings. The molecule has 20 heavy (non-hydrogen) atoms. The normalized spacial score (nSPS) is 12.0. The molecule has 0 unspecified atom stereocenters. The maximum atomic E-state index is 5.82. The second kappa shape index (κ2) is 8.92. The smallest absolute Gasteiger partial charge is 0.493 e. The van der Waals surface area contributed by atoms with Crippen molar-refractivity contribution in [1.29, 1.82) is 0 Å². The minimum Gasteiger partial charge on any atom is -0.493 e. The number of allylic oxidation sites excluding steroid dienone is 1. The highest BCUT2D eigenvalue weighted by Crippen LogP contribution is 2.21. The predicted octanol–water partition coefficient (Wildman–Crippen LogP) is 3.37. The summed E-state index contributed by atoms with van der Waals surface area (Å²) < 4.78 is 22.0. The van der Waals surface area contributed by atoms with E-state index in [1.165, 1.54) is 0 Å². The van der Waals surface area contributed by atoms with Crippen LogP contribution in [-0.2, 0) is 13.3 Å². The molecule has 0 saturated heterocycles. The molecule has 0 radical (unpaired) electrons. The lowest BCUT2D eigenvalue weighted by Gasteiger charge is -2.24. The lowest BCUT2D eigenvalue weighted by molar-refractivity contribution is 0.121. The van der Waals surface area contributed by atoms with E-state index in [-0.39, 0.29) is 0 Å². The van der Waals surface area contributed by atoms with Gasteiger partial charge in [-0.2, -0.15) is 0 Å². The molecule has 0 aliphatic carbocycles. The van der Waals surface area contributed by atoms with Crippen molar-refractivity contribution < 1.29 is 18.0 Å². The van der Waals surface area contributed by atoms with Crippen molar-refractivity contribution in [2.75, 3.05) is 27.9 Å². The van der Waals surface area contributed by atoms with Gasteiger partial charge in [-0.3, -0.25) is 0 Å². The zero-order valence-electron chi connectivity index (χ0n) is 12.7. The Morgan fingerprint density at radius 1 is 1.05 bits per heavy atom. The third kappa shape index (κ3) is 4.75. The zero-order valence-corrected chi connectivity index (χ0v) is 13.7. The van der Waals surface area contributed by atoms with Crippen LogP contribution < -0.4 is 4.74 Å². The Balaban J connectivity index is 2.49. The molecule has 0 amide bonds. The van der Waals surface area contributed by atoms with E-state index in [2.05, 4.69) is 0 Å². The largest absolute Gasteiger partial charge is 0.500 e. The third-order valence-electron chi connectivity index (χ3n) is 3.08. The van der Waals surface area contributed by atoms with Gasteiger partial charge >= 0.3 is 8.80 Å². The summed E-state index contributed by atoms with van der Waals surface area (Å²) in [5.41, 5.74) is 1.09. The summed E-state index contributed by atoms with van der Waals surface area (Å²) in [5, 5.41) is 0. The number of hydrogen-bond acceptors (Lipinski definition) is 4. The van der Waals surface area contributed by atoms with Gasteiger partial charge in [0.15, 0.2) is 0 Å². The summed E-state index contributed by atoms with van der Waals surface area (Å²) in [4.78, 5) is 0. The summed E-state index contributed by atoms with van der Waals surface area (Å²) in [6.07, 6.45) is 4.86. The lowest BCUT2D eigenvalue weighted by atomic mass is 10.2. The predicted molar refractivity (Wildman–Crippen MR) is 82.9 cm³/mol.